The lowest BCUT2D eigenvalue weighted by atomic mass is 10.2. The Bertz CT molecular complexity index is 377. The third-order valence-corrected chi connectivity index (χ3v) is 2.72. The lowest BCUT2D eigenvalue weighted by Crippen LogP contribution is -2.33. The highest BCUT2D eigenvalue weighted by atomic mass is 16.5. The zero-order chi connectivity index (χ0) is 14.1. The van der Waals surface area contributed by atoms with Gasteiger partial charge < -0.3 is 20.3 Å². The smallest absolute Gasteiger partial charge is 0.251 e. The summed E-state index contributed by atoms with van der Waals surface area (Å²) in [6, 6.07) is 7.55. The normalized spacial score (nSPS) is 10.3. The van der Waals surface area contributed by atoms with Gasteiger partial charge in [-0.1, -0.05) is 0 Å². The van der Waals surface area contributed by atoms with Gasteiger partial charge in [-0.2, -0.15) is 0 Å². The first kappa shape index (κ1) is 15.5. The van der Waals surface area contributed by atoms with Crippen molar-refractivity contribution in [3.8, 4) is 0 Å². The van der Waals surface area contributed by atoms with Crippen LogP contribution in [0, 0.1) is 0 Å². The molecule has 0 atom stereocenters. The van der Waals surface area contributed by atoms with Crippen molar-refractivity contribution in [2.45, 2.75) is 0 Å². The fourth-order valence-corrected chi connectivity index (χ4v) is 1.58. The van der Waals surface area contributed by atoms with Crippen molar-refractivity contribution in [1.29, 1.82) is 0 Å². The van der Waals surface area contributed by atoms with Crippen molar-refractivity contribution in [3.05, 3.63) is 29.8 Å². The molecule has 0 heterocycles. The van der Waals surface area contributed by atoms with E-state index in [1.54, 1.807) is 7.11 Å². The Hall–Kier alpha value is -1.59. The average molecular weight is 265 g/mol. The van der Waals surface area contributed by atoms with Crippen LogP contribution >= 0.6 is 0 Å². The highest BCUT2D eigenvalue weighted by Gasteiger charge is 2.04. The standard InChI is InChI=1S/C14H23N3O2/c1-17(2)13-6-4-12(5-7-13)14(18)16-9-8-15-10-11-19-3/h4-7,15H,8-11H2,1-3H3,(H,16,18). The molecule has 0 unspecified atom stereocenters. The molecule has 2 N–H and O–H groups in total. The van der Waals surface area contributed by atoms with E-state index < -0.39 is 0 Å². The molecule has 1 aromatic rings. The first-order chi connectivity index (χ1) is 9.15. The second-order valence-electron chi connectivity index (χ2n) is 4.44. The predicted molar refractivity (Wildman–Crippen MR) is 77.8 cm³/mol. The third kappa shape index (κ3) is 5.72. The first-order valence-corrected chi connectivity index (χ1v) is 6.40. The molecule has 1 aromatic carbocycles. The largest absolute Gasteiger partial charge is 0.383 e. The number of nitrogens with one attached hydrogen (secondary N) is 2. The molecule has 0 fully saturated rings. The number of anilines is 1. The van der Waals surface area contributed by atoms with Gasteiger partial charge in [0.2, 0.25) is 0 Å². The summed E-state index contributed by atoms with van der Waals surface area (Å²) in [5.41, 5.74) is 1.76. The molecular weight excluding hydrogens is 242 g/mol. The lowest BCUT2D eigenvalue weighted by Gasteiger charge is -2.12. The Morgan fingerprint density at radius 1 is 1.16 bits per heavy atom. The van der Waals surface area contributed by atoms with Crippen molar-refractivity contribution in [2.24, 2.45) is 0 Å². The fourth-order valence-electron chi connectivity index (χ4n) is 1.58. The second kappa shape index (κ2) is 8.50. The molecule has 0 aliphatic carbocycles. The summed E-state index contributed by atoms with van der Waals surface area (Å²) in [5, 5.41) is 6.04. The number of hydrogen-bond donors (Lipinski definition) is 2. The molecule has 0 saturated heterocycles. The number of methoxy groups -OCH3 is 1. The SMILES string of the molecule is COCCNCCNC(=O)c1ccc(N(C)C)cc1. The molecule has 0 spiro atoms. The van der Waals surface area contributed by atoms with Gasteiger partial charge in [0, 0.05) is 52.1 Å². The fraction of sp³-hybridized carbons (Fsp3) is 0.500. The monoisotopic (exact) mass is 265 g/mol. The van der Waals surface area contributed by atoms with Gasteiger partial charge in [0.05, 0.1) is 6.61 Å². The van der Waals surface area contributed by atoms with Crippen LogP contribution in [0.2, 0.25) is 0 Å². The number of rotatable bonds is 8. The van der Waals surface area contributed by atoms with Crippen LogP contribution in [0.3, 0.4) is 0 Å². The number of carbonyl (C=O) groups is 1. The maximum absolute atomic E-state index is 11.8. The lowest BCUT2D eigenvalue weighted by molar-refractivity contribution is 0.0953. The van der Waals surface area contributed by atoms with Gasteiger partial charge in [0.25, 0.3) is 5.91 Å². The van der Waals surface area contributed by atoms with Crippen molar-refractivity contribution in [2.75, 3.05) is 52.3 Å². The molecule has 5 heteroatoms. The minimum absolute atomic E-state index is 0.0427. The van der Waals surface area contributed by atoms with E-state index >= 15 is 0 Å². The van der Waals surface area contributed by atoms with Gasteiger partial charge in [0.1, 0.15) is 0 Å². The number of carbonyl (C=O) groups excluding carboxylic acids is 1. The summed E-state index contributed by atoms with van der Waals surface area (Å²) in [4.78, 5) is 13.8. The Balaban J connectivity index is 2.29. The van der Waals surface area contributed by atoms with Crippen LogP contribution < -0.4 is 15.5 Å². The first-order valence-electron chi connectivity index (χ1n) is 6.40. The van der Waals surface area contributed by atoms with E-state index in [0.29, 0.717) is 18.7 Å². The summed E-state index contributed by atoms with van der Waals surface area (Å²) in [5.74, 6) is -0.0427. The van der Waals surface area contributed by atoms with Crippen LogP contribution in [0.4, 0.5) is 5.69 Å². The maximum atomic E-state index is 11.8. The van der Waals surface area contributed by atoms with Crippen LogP contribution in [-0.2, 0) is 4.74 Å². The van der Waals surface area contributed by atoms with Gasteiger partial charge in [-0.05, 0) is 24.3 Å². The highest BCUT2D eigenvalue weighted by molar-refractivity contribution is 5.94. The number of benzene rings is 1. The molecule has 1 rings (SSSR count). The molecule has 0 radical (unpaired) electrons. The van der Waals surface area contributed by atoms with Crippen molar-refractivity contribution >= 4 is 11.6 Å². The van der Waals surface area contributed by atoms with Crippen molar-refractivity contribution in [1.82, 2.24) is 10.6 Å². The molecule has 5 nitrogen and oxygen atoms in total. The second-order valence-corrected chi connectivity index (χ2v) is 4.44. The molecule has 0 saturated carbocycles. The zero-order valence-corrected chi connectivity index (χ0v) is 11.9. The van der Waals surface area contributed by atoms with E-state index in [-0.39, 0.29) is 5.91 Å². The molecule has 0 aliphatic heterocycles. The number of nitrogens with zero attached hydrogens (tertiary/aromatic N) is 1. The number of amides is 1. The summed E-state index contributed by atoms with van der Waals surface area (Å²) >= 11 is 0. The van der Waals surface area contributed by atoms with Gasteiger partial charge in [-0.15, -0.1) is 0 Å². The molecule has 0 aromatic heterocycles. The molecular formula is C14H23N3O2. The van der Waals surface area contributed by atoms with Gasteiger partial charge in [-0.3, -0.25) is 4.79 Å². The van der Waals surface area contributed by atoms with E-state index in [1.165, 1.54) is 0 Å². The van der Waals surface area contributed by atoms with E-state index in [0.717, 1.165) is 18.8 Å². The highest BCUT2D eigenvalue weighted by Crippen LogP contribution is 2.11. The predicted octanol–water partition coefficient (Wildman–Crippen LogP) is 0.718. The van der Waals surface area contributed by atoms with Crippen LogP contribution in [0.25, 0.3) is 0 Å². The Morgan fingerprint density at radius 2 is 1.84 bits per heavy atom. The van der Waals surface area contributed by atoms with E-state index in [9.17, 15) is 4.79 Å². The summed E-state index contributed by atoms with van der Waals surface area (Å²) in [6.07, 6.45) is 0. The minimum Gasteiger partial charge on any atom is -0.383 e. The Morgan fingerprint density at radius 3 is 2.42 bits per heavy atom. The van der Waals surface area contributed by atoms with Crippen molar-refractivity contribution < 1.29 is 9.53 Å². The van der Waals surface area contributed by atoms with Crippen LogP contribution in [-0.4, -0.2) is 53.4 Å². The van der Waals surface area contributed by atoms with E-state index in [4.69, 9.17) is 4.74 Å². The molecule has 106 valence electrons. The van der Waals surface area contributed by atoms with Crippen LogP contribution in [0.5, 0.6) is 0 Å². The summed E-state index contributed by atoms with van der Waals surface area (Å²) in [6.45, 7) is 2.83. The van der Waals surface area contributed by atoms with Gasteiger partial charge in [-0.25, -0.2) is 0 Å². The Kier molecular flexibility index (Phi) is 6.92. The Labute approximate surface area is 114 Å². The van der Waals surface area contributed by atoms with E-state index in [1.807, 2.05) is 43.3 Å². The molecule has 0 aliphatic rings. The van der Waals surface area contributed by atoms with E-state index in [2.05, 4.69) is 10.6 Å². The third-order valence-electron chi connectivity index (χ3n) is 2.72. The summed E-state index contributed by atoms with van der Waals surface area (Å²) in [7, 11) is 5.61. The molecule has 19 heavy (non-hydrogen) atoms. The number of ether oxygens (including phenoxy) is 1. The molecule has 1 amide bonds. The molecule has 0 bridgehead atoms. The quantitative estimate of drug-likeness (QED) is 0.680. The minimum atomic E-state index is -0.0427. The summed E-state index contributed by atoms with van der Waals surface area (Å²) < 4.78 is 4.92. The van der Waals surface area contributed by atoms with Crippen LogP contribution in [0.1, 0.15) is 10.4 Å². The zero-order valence-electron chi connectivity index (χ0n) is 11.9. The van der Waals surface area contributed by atoms with Crippen LogP contribution in [0.15, 0.2) is 24.3 Å². The van der Waals surface area contributed by atoms with Gasteiger partial charge >= 0.3 is 0 Å². The van der Waals surface area contributed by atoms with Crippen molar-refractivity contribution in [3.63, 3.8) is 0 Å². The average Bonchev–Trinajstić information content (AvgIpc) is 2.42. The topological polar surface area (TPSA) is 53.6 Å². The number of hydrogen-bond acceptors (Lipinski definition) is 4. The maximum Gasteiger partial charge on any atom is 0.251 e. The van der Waals surface area contributed by atoms with Gasteiger partial charge in [0.15, 0.2) is 0 Å².